The van der Waals surface area contributed by atoms with Crippen molar-refractivity contribution in [3.05, 3.63) is 0 Å². The highest BCUT2D eigenvalue weighted by Gasteiger charge is 2.46. The minimum absolute atomic E-state index is 0.262. The van der Waals surface area contributed by atoms with E-state index in [1.165, 1.54) is 7.11 Å². The van der Waals surface area contributed by atoms with Gasteiger partial charge < -0.3 is 4.74 Å². The average molecular weight is 289 g/mol. The third-order valence-electron chi connectivity index (χ3n) is 4.70. The highest BCUT2D eigenvalue weighted by molar-refractivity contribution is 7.90. The van der Waals surface area contributed by atoms with Crippen LogP contribution in [0.25, 0.3) is 0 Å². The lowest BCUT2D eigenvalue weighted by molar-refractivity contribution is -0.145. The molecular formula is C13H23NO4S. The minimum Gasteiger partial charge on any atom is -0.469 e. The summed E-state index contributed by atoms with van der Waals surface area (Å²) < 4.78 is 32.6. The maximum atomic E-state index is 12.5. The zero-order chi connectivity index (χ0) is 14.1. The van der Waals surface area contributed by atoms with Gasteiger partial charge in [-0.05, 0) is 38.5 Å². The van der Waals surface area contributed by atoms with Gasteiger partial charge in [-0.2, -0.15) is 0 Å². The number of carbonyl (C=O) groups is 1. The second kappa shape index (κ2) is 5.40. The number of nitrogens with one attached hydrogen (secondary N) is 1. The van der Waals surface area contributed by atoms with Gasteiger partial charge in [-0.15, -0.1) is 0 Å². The first-order valence-electron chi connectivity index (χ1n) is 7.05. The van der Waals surface area contributed by atoms with Crippen LogP contribution in [0.3, 0.4) is 0 Å². The molecule has 0 aromatic heterocycles. The molecule has 0 aliphatic heterocycles. The predicted molar refractivity (Wildman–Crippen MR) is 72.1 cm³/mol. The first kappa shape index (κ1) is 14.8. The molecule has 2 rings (SSSR count). The van der Waals surface area contributed by atoms with E-state index in [0.717, 1.165) is 32.1 Å². The molecule has 2 atom stereocenters. The number of ether oxygens (including phenoxy) is 1. The van der Waals surface area contributed by atoms with Gasteiger partial charge in [0.05, 0.1) is 18.3 Å². The maximum absolute atomic E-state index is 12.5. The molecule has 110 valence electrons. The van der Waals surface area contributed by atoms with Crippen LogP contribution < -0.4 is 4.72 Å². The Balaban J connectivity index is 2.12. The van der Waals surface area contributed by atoms with Gasteiger partial charge in [0.1, 0.15) is 0 Å². The average Bonchev–Trinajstić information content (AvgIpc) is 2.83. The summed E-state index contributed by atoms with van der Waals surface area (Å²) in [5.74, 6) is -0.900. The van der Waals surface area contributed by atoms with Crippen LogP contribution in [-0.2, 0) is 19.6 Å². The summed E-state index contributed by atoms with van der Waals surface area (Å²) in [4.78, 5) is 11.7. The molecule has 0 amide bonds. The fraction of sp³-hybridized carbons (Fsp3) is 0.923. The van der Waals surface area contributed by atoms with Gasteiger partial charge in [0, 0.05) is 5.54 Å². The third-order valence-corrected chi connectivity index (χ3v) is 6.78. The normalized spacial score (nSPS) is 29.8. The third kappa shape index (κ3) is 2.79. The van der Waals surface area contributed by atoms with Crippen molar-refractivity contribution in [2.75, 3.05) is 7.11 Å². The van der Waals surface area contributed by atoms with E-state index >= 15 is 0 Å². The van der Waals surface area contributed by atoms with E-state index in [-0.39, 0.29) is 5.54 Å². The summed E-state index contributed by atoms with van der Waals surface area (Å²) in [6.45, 7) is 2.01. The van der Waals surface area contributed by atoms with Crippen LogP contribution in [0.4, 0.5) is 0 Å². The molecule has 2 aliphatic rings. The Bertz CT molecular complexity index is 436. The maximum Gasteiger partial charge on any atom is 0.310 e. The zero-order valence-electron chi connectivity index (χ0n) is 11.6. The Morgan fingerprint density at radius 3 is 2.47 bits per heavy atom. The van der Waals surface area contributed by atoms with Crippen molar-refractivity contribution in [1.82, 2.24) is 4.72 Å². The molecule has 0 spiro atoms. The van der Waals surface area contributed by atoms with Gasteiger partial charge in [-0.1, -0.05) is 13.3 Å². The smallest absolute Gasteiger partial charge is 0.310 e. The molecule has 0 aromatic carbocycles. The Kier molecular flexibility index (Phi) is 4.20. The fourth-order valence-corrected chi connectivity index (χ4v) is 5.49. The van der Waals surface area contributed by atoms with E-state index in [1.807, 2.05) is 6.92 Å². The Labute approximate surface area is 115 Å². The molecule has 0 heterocycles. The van der Waals surface area contributed by atoms with Gasteiger partial charge >= 0.3 is 5.97 Å². The highest BCUT2D eigenvalue weighted by atomic mass is 32.2. The summed E-state index contributed by atoms with van der Waals surface area (Å²) in [7, 11) is -2.13. The van der Waals surface area contributed by atoms with Crippen molar-refractivity contribution in [2.45, 2.75) is 62.7 Å². The van der Waals surface area contributed by atoms with Crippen molar-refractivity contribution < 1.29 is 17.9 Å². The summed E-state index contributed by atoms with van der Waals surface area (Å²) in [5, 5.41) is -0.621. The number of esters is 1. The molecule has 6 heteroatoms. The highest BCUT2D eigenvalue weighted by Crippen LogP contribution is 2.38. The monoisotopic (exact) mass is 289 g/mol. The molecule has 5 nitrogen and oxygen atoms in total. The van der Waals surface area contributed by atoms with Crippen LogP contribution in [0, 0.1) is 5.92 Å². The molecule has 1 N–H and O–H groups in total. The number of carbonyl (C=O) groups excluding carboxylic acids is 1. The molecule has 0 bridgehead atoms. The van der Waals surface area contributed by atoms with Crippen LogP contribution in [0.5, 0.6) is 0 Å². The van der Waals surface area contributed by atoms with Gasteiger partial charge in [0.15, 0.2) is 0 Å². The van der Waals surface area contributed by atoms with Gasteiger partial charge in [0.25, 0.3) is 0 Å². The first-order valence-corrected chi connectivity index (χ1v) is 8.59. The number of hydrogen-bond donors (Lipinski definition) is 1. The molecule has 2 saturated carbocycles. The lowest BCUT2D eigenvalue weighted by atomic mass is 9.76. The van der Waals surface area contributed by atoms with Crippen LogP contribution >= 0.6 is 0 Å². The van der Waals surface area contributed by atoms with Crippen LogP contribution in [0.15, 0.2) is 0 Å². The van der Waals surface area contributed by atoms with E-state index in [9.17, 15) is 13.2 Å². The molecule has 2 aliphatic carbocycles. The molecule has 2 unspecified atom stereocenters. The number of methoxy groups -OCH3 is 1. The molecule has 0 radical (unpaired) electrons. The Morgan fingerprint density at radius 2 is 2.00 bits per heavy atom. The zero-order valence-corrected chi connectivity index (χ0v) is 12.5. The second-order valence-electron chi connectivity index (χ2n) is 5.73. The predicted octanol–water partition coefficient (Wildman–Crippen LogP) is 1.58. The van der Waals surface area contributed by atoms with Gasteiger partial charge in [-0.25, -0.2) is 13.1 Å². The van der Waals surface area contributed by atoms with Gasteiger partial charge in [0.2, 0.25) is 10.0 Å². The number of rotatable bonds is 5. The lowest BCUT2D eigenvalue weighted by Gasteiger charge is -2.42. The molecular weight excluding hydrogens is 266 g/mol. The minimum atomic E-state index is -3.45. The van der Waals surface area contributed by atoms with Crippen LogP contribution in [0.2, 0.25) is 0 Å². The molecule has 19 heavy (non-hydrogen) atoms. The van der Waals surface area contributed by atoms with Crippen molar-refractivity contribution in [3.8, 4) is 0 Å². The first-order chi connectivity index (χ1) is 8.94. The van der Waals surface area contributed by atoms with Crippen molar-refractivity contribution in [2.24, 2.45) is 5.92 Å². The summed E-state index contributed by atoms with van der Waals surface area (Å²) in [6, 6.07) is 0. The summed E-state index contributed by atoms with van der Waals surface area (Å²) >= 11 is 0. The topological polar surface area (TPSA) is 72.5 Å². The number of sulfonamides is 1. The lowest BCUT2D eigenvalue weighted by Crippen LogP contribution is -2.56. The SMILES string of the molecule is CCC1(NS(=O)(=O)C2CCCC2C(=O)OC)CCC1. The largest absolute Gasteiger partial charge is 0.469 e. The number of hydrogen-bond acceptors (Lipinski definition) is 4. The fourth-order valence-electron chi connectivity index (χ4n) is 3.23. The van der Waals surface area contributed by atoms with E-state index < -0.39 is 27.2 Å². The molecule has 0 aromatic rings. The van der Waals surface area contributed by atoms with Gasteiger partial charge in [-0.3, -0.25) is 4.79 Å². The Hall–Kier alpha value is -0.620. The van der Waals surface area contributed by atoms with E-state index in [0.29, 0.717) is 12.8 Å². The van der Waals surface area contributed by atoms with Crippen molar-refractivity contribution in [3.63, 3.8) is 0 Å². The van der Waals surface area contributed by atoms with E-state index in [2.05, 4.69) is 4.72 Å². The Morgan fingerprint density at radius 1 is 1.32 bits per heavy atom. The quantitative estimate of drug-likeness (QED) is 0.780. The van der Waals surface area contributed by atoms with Crippen molar-refractivity contribution in [1.29, 1.82) is 0 Å². The van der Waals surface area contributed by atoms with Crippen molar-refractivity contribution >= 4 is 16.0 Å². The summed E-state index contributed by atoms with van der Waals surface area (Å²) in [5.41, 5.74) is -0.262. The standard InChI is InChI=1S/C13H23NO4S/c1-3-13(8-5-9-13)14-19(16,17)11-7-4-6-10(11)12(15)18-2/h10-11,14H,3-9H2,1-2H3. The van der Waals surface area contributed by atoms with Crippen LogP contribution in [0.1, 0.15) is 51.9 Å². The second-order valence-corrected chi connectivity index (χ2v) is 7.63. The van der Waals surface area contributed by atoms with E-state index in [1.54, 1.807) is 0 Å². The molecule has 0 saturated heterocycles. The molecule has 2 fully saturated rings. The van der Waals surface area contributed by atoms with Crippen LogP contribution in [-0.4, -0.2) is 32.3 Å². The van der Waals surface area contributed by atoms with E-state index in [4.69, 9.17) is 4.74 Å². The summed E-state index contributed by atoms with van der Waals surface area (Å²) in [6.07, 6.45) is 5.61.